The first-order valence-corrected chi connectivity index (χ1v) is 7.40. The SMILES string of the molecule is COc1ccccc1NC(=O)N[C@@H]1CCCc2c1cnn2C. The second-order valence-electron chi connectivity index (χ2n) is 5.41. The fourth-order valence-corrected chi connectivity index (χ4v) is 2.92. The van der Waals surface area contributed by atoms with Gasteiger partial charge in [-0.1, -0.05) is 12.1 Å². The predicted octanol–water partition coefficient (Wildman–Crippen LogP) is 2.63. The van der Waals surface area contributed by atoms with Crippen LogP contribution in [0.3, 0.4) is 0 Å². The smallest absolute Gasteiger partial charge is 0.319 e. The van der Waals surface area contributed by atoms with Crippen LogP contribution in [0.2, 0.25) is 0 Å². The number of hydrogen-bond donors (Lipinski definition) is 2. The zero-order valence-corrected chi connectivity index (χ0v) is 12.8. The van der Waals surface area contributed by atoms with Crippen molar-refractivity contribution in [2.24, 2.45) is 7.05 Å². The quantitative estimate of drug-likeness (QED) is 0.915. The second kappa shape index (κ2) is 6.09. The Morgan fingerprint density at radius 1 is 1.41 bits per heavy atom. The molecule has 1 heterocycles. The van der Waals surface area contributed by atoms with Crippen molar-refractivity contribution < 1.29 is 9.53 Å². The number of ether oxygens (including phenoxy) is 1. The summed E-state index contributed by atoms with van der Waals surface area (Å²) in [7, 11) is 3.53. The van der Waals surface area contributed by atoms with Crippen molar-refractivity contribution >= 4 is 11.7 Å². The number of benzene rings is 1. The summed E-state index contributed by atoms with van der Waals surface area (Å²) in [6, 6.07) is 7.13. The molecule has 2 N–H and O–H groups in total. The van der Waals surface area contributed by atoms with Gasteiger partial charge in [0.25, 0.3) is 0 Å². The van der Waals surface area contributed by atoms with E-state index in [1.165, 1.54) is 5.69 Å². The highest BCUT2D eigenvalue weighted by Gasteiger charge is 2.24. The van der Waals surface area contributed by atoms with Gasteiger partial charge in [0.1, 0.15) is 5.75 Å². The largest absolute Gasteiger partial charge is 0.495 e. The highest BCUT2D eigenvalue weighted by atomic mass is 16.5. The van der Waals surface area contributed by atoms with Crippen molar-refractivity contribution in [2.75, 3.05) is 12.4 Å². The molecule has 1 aliphatic carbocycles. The van der Waals surface area contributed by atoms with Crippen LogP contribution in [-0.4, -0.2) is 22.9 Å². The minimum absolute atomic E-state index is 0.00663. The van der Waals surface area contributed by atoms with E-state index in [0.717, 1.165) is 24.8 Å². The molecule has 116 valence electrons. The van der Waals surface area contributed by atoms with Crippen LogP contribution in [0.25, 0.3) is 0 Å². The third-order valence-electron chi connectivity index (χ3n) is 4.04. The molecule has 22 heavy (non-hydrogen) atoms. The monoisotopic (exact) mass is 300 g/mol. The number of urea groups is 1. The van der Waals surface area contributed by atoms with Crippen molar-refractivity contribution in [3.05, 3.63) is 41.7 Å². The van der Waals surface area contributed by atoms with Gasteiger partial charge >= 0.3 is 6.03 Å². The van der Waals surface area contributed by atoms with E-state index in [9.17, 15) is 4.79 Å². The molecule has 3 rings (SSSR count). The zero-order chi connectivity index (χ0) is 15.5. The van der Waals surface area contributed by atoms with Gasteiger partial charge in [0.05, 0.1) is 25.0 Å². The highest BCUT2D eigenvalue weighted by molar-refractivity contribution is 5.91. The summed E-state index contributed by atoms with van der Waals surface area (Å²) in [5.74, 6) is 0.642. The van der Waals surface area contributed by atoms with E-state index in [1.807, 2.05) is 42.2 Å². The Balaban J connectivity index is 1.70. The van der Waals surface area contributed by atoms with Gasteiger partial charge in [-0.15, -0.1) is 0 Å². The summed E-state index contributed by atoms with van der Waals surface area (Å²) < 4.78 is 7.13. The highest BCUT2D eigenvalue weighted by Crippen LogP contribution is 2.29. The van der Waals surface area contributed by atoms with Gasteiger partial charge in [0.15, 0.2) is 0 Å². The molecular weight excluding hydrogens is 280 g/mol. The number of para-hydroxylation sites is 2. The van der Waals surface area contributed by atoms with Gasteiger partial charge < -0.3 is 15.4 Å². The maximum atomic E-state index is 12.3. The number of aryl methyl sites for hydroxylation is 1. The molecule has 1 aromatic heterocycles. The Hall–Kier alpha value is -2.50. The van der Waals surface area contributed by atoms with Gasteiger partial charge in [-0.05, 0) is 31.4 Å². The van der Waals surface area contributed by atoms with E-state index in [0.29, 0.717) is 11.4 Å². The molecule has 0 radical (unpaired) electrons. The summed E-state index contributed by atoms with van der Waals surface area (Å²) in [6.07, 6.45) is 4.84. The lowest BCUT2D eigenvalue weighted by Crippen LogP contribution is -2.34. The first kappa shape index (κ1) is 14.4. The van der Waals surface area contributed by atoms with Crippen molar-refractivity contribution in [3.8, 4) is 5.75 Å². The predicted molar refractivity (Wildman–Crippen MR) is 84.0 cm³/mol. The van der Waals surface area contributed by atoms with Crippen LogP contribution < -0.4 is 15.4 Å². The number of rotatable bonds is 3. The third-order valence-corrected chi connectivity index (χ3v) is 4.04. The Kier molecular flexibility index (Phi) is 4.00. The lowest BCUT2D eigenvalue weighted by Gasteiger charge is -2.24. The maximum Gasteiger partial charge on any atom is 0.319 e. The number of hydrogen-bond acceptors (Lipinski definition) is 3. The van der Waals surface area contributed by atoms with Gasteiger partial charge in [-0.2, -0.15) is 5.10 Å². The normalized spacial score (nSPS) is 16.7. The average Bonchev–Trinajstić information content (AvgIpc) is 2.90. The minimum atomic E-state index is -0.230. The number of methoxy groups -OCH3 is 1. The summed E-state index contributed by atoms with van der Waals surface area (Å²) in [5.41, 5.74) is 2.97. The van der Waals surface area contributed by atoms with Gasteiger partial charge in [0, 0.05) is 18.3 Å². The molecule has 0 unspecified atom stereocenters. The Morgan fingerprint density at radius 3 is 3.05 bits per heavy atom. The molecule has 6 heteroatoms. The maximum absolute atomic E-state index is 12.3. The fourth-order valence-electron chi connectivity index (χ4n) is 2.92. The Morgan fingerprint density at radius 2 is 2.23 bits per heavy atom. The molecule has 0 spiro atoms. The van der Waals surface area contributed by atoms with Crippen LogP contribution in [0.15, 0.2) is 30.5 Å². The summed E-state index contributed by atoms with van der Waals surface area (Å²) in [5, 5.41) is 10.2. The molecule has 2 aromatic rings. The number of carbonyl (C=O) groups excluding carboxylic acids is 1. The number of carbonyl (C=O) groups is 1. The molecule has 0 bridgehead atoms. The first-order valence-electron chi connectivity index (χ1n) is 7.40. The standard InChI is InChI=1S/C16H20N4O2/c1-20-14-8-5-7-12(11(14)10-17-20)18-16(21)19-13-6-3-4-9-15(13)22-2/h3-4,6,9-10,12H,5,7-8H2,1-2H3,(H2,18,19,21)/t12-/m1/s1. The van der Waals surface area contributed by atoms with E-state index in [-0.39, 0.29) is 12.1 Å². The van der Waals surface area contributed by atoms with Crippen molar-refractivity contribution in [1.82, 2.24) is 15.1 Å². The summed E-state index contributed by atoms with van der Waals surface area (Å²) >= 11 is 0. The molecule has 0 saturated heterocycles. The van der Waals surface area contributed by atoms with Crippen molar-refractivity contribution in [1.29, 1.82) is 0 Å². The molecular formula is C16H20N4O2. The topological polar surface area (TPSA) is 68.2 Å². The number of aromatic nitrogens is 2. The third kappa shape index (κ3) is 2.77. The first-order chi connectivity index (χ1) is 10.7. The number of nitrogens with zero attached hydrogens (tertiary/aromatic N) is 2. The molecule has 1 aromatic carbocycles. The summed E-state index contributed by atoms with van der Waals surface area (Å²) in [4.78, 5) is 12.3. The minimum Gasteiger partial charge on any atom is -0.495 e. The average molecular weight is 300 g/mol. The number of fused-ring (bicyclic) bond motifs is 1. The van der Waals surface area contributed by atoms with Crippen LogP contribution >= 0.6 is 0 Å². The van der Waals surface area contributed by atoms with E-state index in [2.05, 4.69) is 15.7 Å². The molecule has 2 amide bonds. The molecule has 1 aliphatic rings. The van der Waals surface area contributed by atoms with E-state index in [4.69, 9.17) is 4.74 Å². The van der Waals surface area contributed by atoms with Crippen LogP contribution in [0.5, 0.6) is 5.75 Å². The zero-order valence-electron chi connectivity index (χ0n) is 12.8. The van der Waals surface area contributed by atoms with Crippen molar-refractivity contribution in [3.63, 3.8) is 0 Å². The Labute approximate surface area is 129 Å². The van der Waals surface area contributed by atoms with Crippen LogP contribution in [0, 0.1) is 0 Å². The van der Waals surface area contributed by atoms with Crippen molar-refractivity contribution in [2.45, 2.75) is 25.3 Å². The molecule has 0 saturated carbocycles. The summed E-state index contributed by atoms with van der Waals surface area (Å²) in [6.45, 7) is 0. The fraction of sp³-hybridized carbons (Fsp3) is 0.375. The molecule has 1 atom stereocenters. The van der Waals surface area contributed by atoms with Gasteiger partial charge in [-0.3, -0.25) is 4.68 Å². The van der Waals surface area contributed by atoms with E-state index < -0.39 is 0 Å². The molecule has 0 fully saturated rings. The van der Waals surface area contributed by atoms with Crippen LogP contribution in [-0.2, 0) is 13.5 Å². The number of amides is 2. The van der Waals surface area contributed by atoms with Crippen LogP contribution in [0.4, 0.5) is 10.5 Å². The molecule has 6 nitrogen and oxygen atoms in total. The van der Waals surface area contributed by atoms with Crippen LogP contribution in [0.1, 0.15) is 30.1 Å². The van der Waals surface area contributed by atoms with Gasteiger partial charge in [-0.25, -0.2) is 4.79 Å². The second-order valence-corrected chi connectivity index (χ2v) is 5.41. The lowest BCUT2D eigenvalue weighted by molar-refractivity contribution is 0.247. The van der Waals surface area contributed by atoms with E-state index >= 15 is 0 Å². The lowest BCUT2D eigenvalue weighted by atomic mass is 9.93. The van der Waals surface area contributed by atoms with Gasteiger partial charge in [0.2, 0.25) is 0 Å². The number of nitrogens with one attached hydrogen (secondary N) is 2. The number of anilines is 1. The van der Waals surface area contributed by atoms with E-state index in [1.54, 1.807) is 7.11 Å². The molecule has 0 aliphatic heterocycles. The Bertz CT molecular complexity index is 681.